The quantitative estimate of drug-likeness (QED) is 0.847. The van der Waals surface area contributed by atoms with E-state index in [0.29, 0.717) is 13.0 Å². The van der Waals surface area contributed by atoms with E-state index in [1.807, 2.05) is 30.3 Å². The minimum absolute atomic E-state index is 0.00962. The number of hydrogen-bond acceptors (Lipinski definition) is 2. The average Bonchev–Trinajstić information content (AvgIpc) is 2.87. The lowest BCUT2D eigenvalue weighted by Crippen LogP contribution is -2.47. The molecule has 24 heavy (non-hydrogen) atoms. The van der Waals surface area contributed by atoms with Gasteiger partial charge in [0, 0.05) is 38.9 Å². The minimum atomic E-state index is -2.67. The van der Waals surface area contributed by atoms with Crippen molar-refractivity contribution in [3.05, 3.63) is 35.9 Å². The number of amides is 2. The average molecular weight is 336 g/mol. The Balaban J connectivity index is 1.50. The van der Waals surface area contributed by atoms with E-state index >= 15 is 0 Å². The van der Waals surface area contributed by atoms with Crippen LogP contribution in [0.2, 0.25) is 0 Å². The third-order valence-electron chi connectivity index (χ3n) is 4.84. The highest BCUT2D eigenvalue weighted by Gasteiger charge is 2.37. The fourth-order valence-corrected chi connectivity index (χ4v) is 3.44. The molecule has 0 bridgehead atoms. The molecular formula is C18H22F2N2O2. The highest BCUT2D eigenvalue weighted by Crippen LogP contribution is 2.28. The molecule has 2 fully saturated rings. The van der Waals surface area contributed by atoms with Crippen LogP contribution in [-0.4, -0.2) is 53.7 Å². The van der Waals surface area contributed by atoms with Crippen molar-refractivity contribution in [2.24, 2.45) is 5.92 Å². The zero-order valence-corrected chi connectivity index (χ0v) is 13.6. The van der Waals surface area contributed by atoms with E-state index < -0.39 is 5.92 Å². The molecule has 0 aromatic heterocycles. The molecule has 130 valence electrons. The third kappa shape index (κ3) is 4.10. The number of halogens is 2. The Kier molecular flexibility index (Phi) is 4.83. The van der Waals surface area contributed by atoms with Crippen molar-refractivity contribution in [2.75, 3.05) is 26.2 Å². The smallest absolute Gasteiger partial charge is 0.251 e. The van der Waals surface area contributed by atoms with Gasteiger partial charge in [0.1, 0.15) is 0 Å². The predicted octanol–water partition coefficient (Wildman–Crippen LogP) is 2.34. The van der Waals surface area contributed by atoms with Gasteiger partial charge in [0.15, 0.2) is 0 Å². The summed E-state index contributed by atoms with van der Waals surface area (Å²) < 4.78 is 26.3. The summed E-state index contributed by atoms with van der Waals surface area (Å²) in [4.78, 5) is 27.4. The second-order valence-corrected chi connectivity index (χ2v) is 6.77. The number of hydrogen-bond donors (Lipinski definition) is 0. The van der Waals surface area contributed by atoms with Crippen molar-refractivity contribution in [2.45, 2.75) is 31.6 Å². The first kappa shape index (κ1) is 16.9. The van der Waals surface area contributed by atoms with Crippen LogP contribution >= 0.6 is 0 Å². The van der Waals surface area contributed by atoms with Crippen LogP contribution in [0, 0.1) is 5.92 Å². The monoisotopic (exact) mass is 336 g/mol. The van der Waals surface area contributed by atoms with E-state index in [0.717, 1.165) is 6.42 Å². The molecule has 0 spiro atoms. The molecule has 1 aromatic carbocycles. The van der Waals surface area contributed by atoms with Crippen LogP contribution in [0.1, 0.15) is 24.8 Å². The highest BCUT2D eigenvalue weighted by atomic mass is 19.3. The molecule has 2 aliphatic rings. The maximum absolute atomic E-state index is 13.2. The van der Waals surface area contributed by atoms with Crippen LogP contribution in [0.3, 0.4) is 0 Å². The molecule has 6 heteroatoms. The van der Waals surface area contributed by atoms with Crippen LogP contribution in [0.4, 0.5) is 8.78 Å². The first-order chi connectivity index (χ1) is 11.4. The lowest BCUT2D eigenvalue weighted by molar-refractivity contribution is -0.142. The van der Waals surface area contributed by atoms with Gasteiger partial charge in [-0.25, -0.2) is 8.78 Å². The molecule has 2 amide bonds. The fourth-order valence-electron chi connectivity index (χ4n) is 3.44. The van der Waals surface area contributed by atoms with Gasteiger partial charge in [-0.15, -0.1) is 0 Å². The molecule has 1 atom stereocenters. The molecule has 1 aromatic rings. The van der Waals surface area contributed by atoms with Crippen LogP contribution in [0.15, 0.2) is 30.3 Å². The Morgan fingerprint density at radius 2 is 1.83 bits per heavy atom. The van der Waals surface area contributed by atoms with Gasteiger partial charge in [0.2, 0.25) is 11.8 Å². The molecule has 2 heterocycles. The molecule has 3 rings (SSSR count). The Labute approximate surface area is 140 Å². The largest absolute Gasteiger partial charge is 0.341 e. The number of likely N-dealkylation sites (tertiary alicyclic amines) is 2. The van der Waals surface area contributed by atoms with Gasteiger partial charge in [-0.05, 0) is 17.9 Å². The lowest BCUT2D eigenvalue weighted by Gasteiger charge is -2.32. The van der Waals surface area contributed by atoms with Gasteiger partial charge in [-0.3, -0.25) is 9.59 Å². The second-order valence-electron chi connectivity index (χ2n) is 6.77. The molecule has 0 saturated carbocycles. The Hall–Kier alpha value is -1.98. The number of carbonyl (C=O) groups is 2. The van der Waals surface area contributed by atoms with Crippen LogP contribution in [0.5, 0.6) is 0 Å². The SMILES string of the molecule is O=C(CN1CC(Cc2ccccc2)CC1=O)N1CCC(F)(F)CC1. The Morgan fingerprint density at radius 3 is 2.50 bits per heavy atom. The summed E-state index contributed by atoms with van der Waals surface area (Å²) in [5.74, 6) is -2.70. The van der Waals surface area contributed by atoms with Gasteiger partial charge in [0.05, 0.1) is 6.54 Å². The van der Waals surface area contributed by atoms with Crippen LogP contribution in [-0.2, 0) is 16.0 Å². The molecular weight excluding hydrogens is 314 g/mol. The van der Waals surface area contributed by atoms with E-state index in [4.69, 9.17) is 0 Å². The zero-order chi connectivity index (χ0) is 17.2. The first-order valence-electron chi connectivity index (χ1n) is 8.40. The second kappa shape index (κ2) is 6.87. The fraction of sp³-hybridized carbons (Fsp3) is 0.556. The summed E-state index contributed by atoms with van der Waals surface area (Å²) in [5, 5.41) is 0. The van der Waals surface area contributed by atoms with Gasteiger partial charge in [-0.1, -0.05) is 30.3 Å². The zero-order valence-electron chi connectivity index (χ0n) is 13.6. The van der Waals surface area contributed by atoms with E-state index in [1.54, 1.807) is 4.90 Å². The van der Waals surface area contributed by atoms with E-state index in [9.17, 15) is 18.4 Å². The maximum Gasteiger partial charge on any atom is 0.251 e. The summed E-state index contributed by atoms with van der Waals surface area (Å²) in [5.41, 5.74) is 1.18. The molecule has 4 nitrogen and oxygen atoms in total. The van der Waals surface area contributed by atoms with Crippen molar-refractivity contribution in [1.82, 2.24) is 9.80 Å². The molecule has 0 radical (unpaired) electrons. The number of nitrogens with zero attached hydrogens (tertiary/aromatic N) is 2. The van der Waals surface area contributed by atoms with E-state index in [2.05, 4.69) is 0 Å². The number of piperidine rings is 1. The van der Waals surface area contributed by atoms with Gasteiger partial charge < -0.3 is 9.80 Å². The van der Waals surface area contributed by atoms with E-state index in [-0.39, 0.29) is 50.2 Å². The summed E-state index contributed by atoms with van der Waals surface area (Å²) in [6.45, 7) is 0.710. The summed E-state index contributed by atoms with van der Waals surface area (Å²) in [6, 6.07) is 9.97. The summed E-state index contributed by atoms with van der Waals surface area (Å²) in [7, 11) is 0. The molecule has 2 saturated heterocycles. The minimum Gasteiger partial charge on any atom is -0.341 e. The standard InChI is InChI=1S/C18H22F2N2O2/c19-18(20)6-8-21(9-7-18)17(24)13-22-12-15(11-16(22)23)10-14-4-2-1-3-5-14/h1-5,15H,6-13H2. The van der Waals surface area contributed by atoms with Crippen LogP contribution in [0.25, 0.3) is 0 Å². The molecule has 0 aliphatic carbocycles. The lowest BCUT2D eigenvalue weighted by atomic mass is 9.99. The maximum atomic E-state index is 13.2. The van der Waals surface area contributed by atoms with Crippen molar-refractivity contribution < 1.29 is 18.4 Å². The number of benzene rings is 1. The third-order valence-corrected chi connectivity index (χ3v) is 4.84. The van der Waals surface area contributed by atoms with Crippen molar-refractivity contribution in [1.29, 1.82) is 0 Å². The van der Waals surface area contributed by atoms with Crippen molar-refractivity contribution in [3.63, 3.8) is 0 Å². The van der Waals surface area contributed by atoms with Gasteiger partial charge in [-0.2, -0.15) is 0 Å². The van der Waals surface area contributed by atoms with Gasteiger partial charge in [0.25, 0.3) is 5.92 Å². The van der Waals surface area contributed by atoms with Crippen molar-refractivity contribution in [3.8, 4) is 0 Å². The summed E-state index contributed by atoms with van der Waals surface area (Å²) >= 11 is 0. The molecule has 1 unspecified atom stereocenters. The molecule has 0 N–H and O–H groups in total. The Bertz CT molecular complexity index is 596. The highest BCUT2D eigenvalue weighted by molar-refractivity contribution is 5.86. The number of carbonyl (C=O) groups excluding carboxylic acids is 2. The van der Waals surface area contributed by atoms with Crippen molar-refractivity contribution >= 4 is 11.8 Å². The topological polar surface area (TPSA) is 40.6 Å². The number of alkyl halides is 2. The first-order valence-corrected chi connectivity index (χ1v) is 8.40. The van der Waals surface area contributed by atoms with Crippen LogP contribution < -0.4 is 0 Å². The number of rotatable bonds is 4. The molecule has 2 aliphatic heterocycles. The predicted molar refractivity (Wildman–Crippen MR) is 85.6 cm³/mol. The normalized spacial score (nSPS) is 23.6. The summed E-state index contributed by atoms with van der Waals surface area (Å²) in [6.07, 6.45) is 0.681. The van der Waals surface area contributed by atoms with Gasteiger partial charge >= 0.3 is 0 Å². The Morgan fingerprint density at radius 1 is 1.17 bits per heavy atom. The van der Waals surface area contributed by atoms with E-state index in [1.165, 1.54) is 10.5 Å².